The Bertz CT molecular complexity index is 383. The van der Waals surface area contributed by atoms with Gasteiger partial charge in [0, 0.05) is 5.92 Å². The van der Waals surface area contributed by atoms with Gasteiger partial charge in [0.25, 0.3) is 0 Å². The summed E-state index contributed by atoms with van der Waals surface area (Å²) in [6, 6.07) is 4.42. The molecule has 0 saturated heterocycles. The second-order valence-electron chi connectivity index (χ2n) is 3.96. The van der Waals surface area contributed by atoms with Crippen LogP contribution in [-0.2, 0) is 0 Å². The zero-order valence-electron chi connectivity index (χ0n) is 8.73. The van der Waals surface area contributed by atoms with Crippen molar-refractivity contribution in [2.75, 3.05) is 0 Å². The monoisotopic (exact) mass is 171 g/mol. The molecular weight excluding hydrogens is 156 g/mol. The normalized spacial score (nSPS) is 15.8. The van der Waals surface area contributed by atoms with Crippen LogP contribution in [0.5, 0.6) is 0 Å². The Labute approximate surface area is 80.3 Å². The molecule has 0 aromatic heterocycles. The molecule has 1 aromatic carbocycles. The third-order valence-electron chi connectivity index (χ3n) is 2.84. The number of hydrogen-bond acceptors (Lipinski definition) is 0. The Hall–Kier alpha value is -1.04. The third-order valence-corrected chi connectivity index (χ3v) is 2.84. The topological polar surface area (TPSA) is 0 Å². The van der Waals surface area contributed by atoms with E-state index in [0.29, 0.717) is 0 Å². The van der Waals surface area contributed by atoms with E-state index < -0.39 is 0 Å². The van der Waals surface area contributed by atoms with Gasteiger partial charge in [0.1, 0.15) is 0 Å². The smallest absolute Gasteiger partial charge is 0.0248 e. The number of hydrogen-bond donors (Lipinski definition) is 0. The van der Waals surface area contributed by atoms with Crippen molar-refractivity contribution in [1.82, 2.24) is 0 Å². The van der Waals surface area contributed by atoms with Gasteiger partial charge in [0.15, 0.2) is 0 Å². The molecule has 0 unspecified atom stereocenters. The van der Waals surface area contributed by atoms with Crippen LogP contribution in [0.3, 0.4) is 0 Å². The molecule has 1 aliphatic rings. The van der Waals surface area contributed by atoms with Crippen LogP contribution >= 0.6 is 0 Å². The second kappa shape index (κ2) is 2.73. The highest BCUT2D eigenvalue weighted by Crippen LogP contribution is 2.38. The van der Waals surface area contributed by atoms with E-state index in [2.05, 4.69) is 45.9 Å². The molecule has 0 aliphatic heterocycles. The maximum atomic E-state index is 2.28. The van der Waals surface area contributed by atoms with E-state index in [1.54, 1.807) is 0 Å². The fourth-order valence-corrected chi connectivity index (χ4v) is 2.30. The minimum Gasteiger partial charge on any atom is -0.0694 e. The molecule has 0 atom stereocenters. The summed E-state index contributed by atoms with van der Waals surface area (Å²) < 4.78 is 0. The fourth-order valence-electron chi connectivity index (χ4n) is 2.30. The van der Waals surface area contributed by atoms with Gasteiger partial charge in [-0.2, -0.15) is 0 Å². The first kappa shape index (κ1) is 8.55. The maximum absolute atomic E-state index is 2.28. The first-order valence-electron chi connectivity index (χ1n) is 4.74. The second-order valence-corrected chi connectivity index (χ2v) is 3.96. The van der Waals surface area contributed by atoms with Gasteiger partial charge in [0.2, 0.25) is 0 Å². The predicted molar refractivity (Wildman–Crippen MR) is 57.6 cm³/mol. The van der Waals surface area contributed by atoms with Crippen LogP contribution in [0, 0.1) is 19.8 Å². The summed E-state index contributed by atoms with van der Waals surface area (Å²) in [7, 11) is 0. The van der Waals surface area contributed by atoms with Crippen LogP contribution in [0.1, 0.15) is 36.1 Å². The van der Waals surface area contributed by atoms with Crippen LogP contribution in [0.2, 0.25) is 0 Å². The van der Waals surface area contributed by atoms with Crippen LogP contribution < -0.4 is 0 Å². The van der Waals surface area contributed by atoms with E-state index in [1.165, 1.54) is 33.7 Å². The lowest BCUT2D eigenvalue weighted by atomic mass is 9.93. The molecule has 0 spiro atoms. The largest absolute Gasteiger partial charge is 0.0694 e. The van der Waals surface area contributed by atoms with Crippen molar-refractivity contribution in [3.05, 3.63) is 46.4 Å². The van der Waals surface area contributed by atoms with E-state index in [9.17, 15) is 0 Å². The van der Waals surface area contributed by atoms with Crippen molar-refractivity contribution in [2.45, 2.75) is 27.7 Å². The summed E-state index contributed by atoms with van der Waals surface area (Å²) >= 11 is 0. The lowest BCUT2D eigenvalue weighted by Crippen LogP contribution is -1.95. The third kappa shape index (κ3) is 1.13. The Morgan fingerprint density at radius 2 is 1.31 bits per heavy atom. The SMILES string of the molecule is C[C]1C=C(C)c2c(C)ccc(C)c21. The molecule has 67 valence electrons. The van der Waals surface area contributed by atoms with E-state index >= 15 is 0 Å². The summed E-state index contributed by atoms with van der Waals surface area (Å²) in [6.45, 7) is 8.77. The molecule has 2 rings (SSSR count). The molecule has 1 aromatic rings. The fraction of sp³-hybridized carbons (Fsp3) is 0.308. The summed E-state index contributed by atoms with van der Waals surface area (Å²) in [5.41, 5.74) is 7.11. The predicted octanol–water partition coefficient (Wildman–Crippen LogP) is 3.66. The van der Waals surface area contributed by atoms with Crippen molar-refractivity contribution in [2.24, 2.45) is 0 Å². The Balaban J connectivity index is 2.74. The minimum absolute atomic E-state index is 1.39. The van der Waals surface area contributed by atoms with Gasteiger partial charge in [-0.25, -0.2) is 0 Å². The quantitative estimate of drug-likeness (QED) is 0.558. The Kier molecular flexibility index (Phi) is 1.80. The van der Waals surface area contributed by atoms with Crippen molar-refractivity contribution >= 4 is 5.57 Å². The Morgan fingerprint density at radius 3 is 1.85 bits per heavy atom. The molecule has 0 heterocycles. The molecule has 0 amide bonds. The molecule has 1 aliphatic carbocycles. The van der Waals surface area contributed by atoms with Gasteiger partial charge in [-0.1, -0.05) is 25.1 Å². The molecule has 0 nitrogen and oxygen atoms in total. The van der Waals surface area contributed by atoms with Crippen molar-refractivity contribution in [3.63, 3.8) is 0 Å². The van der Waals surface area contributed by atoms with Crippen molar-refractivity contribution in [1.29, 1.82) is 0 Å². The summed E-state index contributed by atoms with van der Waals surface area (Å²) in [5.74, 6) is 1.41. The summed E-state index contributed by atoms with van der Waals surface area (Å²) in [6.07, 6.45) is 2.28. The molecule has 0 fully saturated rings. The number of benzene rings is 1. The van der Waals surface area contributed by atoms with Crippen LogP contribution in [0.25, 0.3) is 5.57 Å². The first-order valence-corrected chi connectivity index (χ1v) is 4.74. The van der Waals surface area contributed by atoms with Gasteiger partial charge in [0.05, 0.1) is 0 Å². The minimum atomic E-state index is 1.39. The van der Waals surface area contributed by atoms with E-state index in [1.807, 2.05) is 0 Å². The van der Waals surface area contributed by atoms with Gasteiger partial charge in [-0.3, -0.25) is 0 Å². The lowest BCUT2D eigenvalue weighted by molar-refractivity contribution is 1.21. The molecule has 0 heteroatoms. The van der Waals surface area contributed by atoms with Gasteiger partial charge >= 0.3 is 0 Å². The molecule has 13 heavy (non-hydrogen) atoms. The van der Waals surface area contributed by atoms with Gasteiger partial charge < -0.3 is 0 Å². The average Bonchev–Trinajstić information content (AvgIpc) is 2.36. The number of allylic oxidation sites excluding steroid dienone is 2. The molecule has 0 saturated carbocycles. The standard InChI is InChI=1S/C13H15/c1-8-5-6-9(2)13-11(4)7-10(3)12(8)13/h5-7H,1-4H3. The molecule has 0 N–H and O–H groups in total. The van der Waals surface area contributed by atoms with Crippen LogP contribution in [0.15, 0.2) is 18.2 Å². The lowest BCUT2D eigenvalue weighted by Gasteiger charge is -2.11. The van der Waals surface area contributed by atoms with E-state index in [-0.39, 0.29) is 0 Å². The number of fused-ring (bicyclic) bond motifs is 1. The van der Waals surface area contributed by atoms with Crippen LogP contribution in [0.4, 0.5) is 0 Å². The summed E-state index contributed by atoms with van der Waals surface area (Å²) in [4.78, 5) is 0. The zero-order valence-corrected chi connectivity index (χ0v) is 8.73. The maximum Gasteiger partial charge on any atom is 0.0248 e. The molecule has 1 radical (unpaired) electrons. The highest BCUT2D eigenvalue weighted by Gasteiger charge is 2.21. The molecule has 0 bridgehead atoms. The van der Waals surface area contributed by atoms with E-state index in [4.69, 9.17) is 0 Å². The van der Waals surface area contributed by atoms with Crippen molar-refractivity contribution < 1.29 is 0 Å². The molecular formula is C13H15. The first-order chi connectivity index (χ1) is 6.11. The zero-order chi connectivity index (χ0) is 9.59. The van der Waals surface area contributed by atoms with E-state index in [0.717, 1.165) is 0 Å². The highest BCUT2D eigenvalue weighted by molar-refractivity contribution is 5.80. The number of aryl methyl sites for hydroxylation is 2. The van der Waals surface area contributed by atoms with Crippen LogP contribution in [-0.4, -0.2) is 0 Å². The summed E-state index contributed by atoms with van der Waals surface area (Å²) in [5, 5.41) is 0. The Morgan fingerprint density at radius 1 is 0.769 bits per heavy atom. The van der Waals surface area contributed by atoms with Gasteiger partial charge in [-0.05, 0) is 48.6 Å². The average molecular weight is 171 g/mol. The van der Waals surface area contributed by atoms with Crippen molar-refractivity contribution in [3.8, 4) is 0 Å². The van der Waals surface area contributed by atoms with Gasteiger partial charge in [-0.15, -0.1) is 0 Å². The number of rotatable bonds is 0. The highest BCUT2D eigenvalue weighted by atomic mass is 14.2.